The van der Waals surface area contributed by atoms with Gasteiger partial charge in [-0.2, -0.15) is 0 Å². The van der Waals surface area contributed by atoms with Crippen molar-refractivity contribution in [2.75, 3.05) is 13.2 Å². The molecule has 0 rings (SSSR count). The van der Waals surface area contributed by atoms with E-state index in [1.54, 1.807) is 0 Å². The minimum absolute atomic E-state index is 0.0833. The van der Waals surface area contributed by atoms with Crippen LogP contribution in [-0.2, 0) is 28.6 Å². The average Bonchev–Trinajstić information content (AvgIpc) is 3.26. The van der Waals surface area contributed by atoms with Crippen molar-refractivity contribution >= 4 is 17.9 Å². The molecule has 0 radical (unpaired) electrons. The first-order chi connectivity index (χ1) is 30.0. The van der Waals surface area contributed by atoms with Crippen LogP contribution in [0.5, 0.6) is 0 Å². The smallest absolute Gasteiger partial charge is 0.306 e. The second-order valence-corrected chi connectivity index (χ2v) is 17.8. The first-order valence-electron chi connectivity index (χ1n) is 26.5. The van der Waals surface area contributed by atoms with Gasteiger partial charge >= 0.3 is 17.9 Å². The van der Waals surface area contributed by atoms with E-state index in [2.05, 4.69) is 57.2 Å². The standard InChI is InChI=1S/C55H100O6/c1-4-7-10-13-16-19-22-24-26-27-29-31-34-36-39-42-45-48-54(57)60-51-52(61-55(58)49-46-43-40-37-32-21-18-15-12-9-6-3)50-59-53(56)47-44-41-38-35-33-30-28-25-23-20-17-14-11-8-5-2/h24,26,29,31,36,39,52H,4-23,25,27-28,30,32-35,37-38,40-51H2,1-3H3/b26-24-,31-29-,39-36-/t52-/m0/s1. The SMILES string of the molecule is CCCCCCCC/C=C\C/C=C\C/C=C\CCCC(=O)OC[C@H](COC(=O)CCCCCCCCCCCCCCCCC)OC(=O)CCCCCCCCCCCCC. The summed E-state index contributed by atoms with van der Waals surface area (Å²) in [6.45, 7) is 6.61. The summed E-state index contributed by atoms with van der Waals surface area (Å²) < 4.78 is 16.8. The molecule has 0 heterocycles. The molecule has 0 N–H and O–H groups in total. The number of carbonyl (C=O) groups excluding carboxylic acids is 3. The summed E-state index contributed by atoms with van der Waals surface area (Å²) in [7, 11) is 0. The van der Waals surface area contributed by atoms with Gasteiger partial charge in [0.1, 0.15) is 13.2 Å². The van der Waals surface area contributed by atoms with Crippen LogP contribution in [0.1, 0.15) is 278 Å². The molecular formula is C55H100O6. The lowest BCUT2D eigenvalue weighted by Gasteiger charge is -2.18. The number of hydrogen-bond acceptors (Lipinski definition) is 6. The lowest BCUT2D eigenvalue weighted by atomic mass is 10.0. The van der Waals surface area contributed by atoms with E-state index in [0.29, 0.717) is 25.7 Å². The van der Waals surface area contributed by atoms with E-state index in [4.69, 9.17) is 14.2 Å². The Morgan fingerprint density at radius 2 is 0.607 bits per heavy atom. The third-order valence-corrected chi connectivity index (χ3v) is 11.6. The van der Waals surface area contributed by atoms with E-state index in [9.17, 15) is 14.4 Å². The van der Waals surface area contributed by atoms with Crippen LogP contribution in [0.15, 0.2) is 36.5 Å². The van der Waals surface area contributed by atoms with Gasteiger partial charge < -0.3 is 14.2 Å². The average molecular weight is 857 g/mol. The zero-order valence-electron chi connectivity index (χ0n) is 40.7. The van der Waals surface area contributed by atoms with Gasteiger partial charge in [0.25, 0.3) is 0 Å². The Bertz CT molecular complexity index is 1030. The van der Waals surface area contributed by atoms with Gasteiger partial charge in [-0.3, -0.25) is 14.4 Å². The van der Waals surface area contributed by atoms with Gasteiger partial charge in [-0.25, -0.2) is 0 Å². The van der Waals surface area contributed by atoms with Crippen LogP contribution in [0.2, 0.25) is 0 Å². The lowest BCUT2D eigenvalue weighted by molar-refractivity contribution is -0.167. The van der Waals surface area contributed by atoms with Crippen molar-refractivity contribution in [3.63, 3.8) is 0 Å². The molecule has 0 aliphatic heterocycles. The van der Waals surface area contributed by atoms with Crippen molar-refractivity contribution in [3.8, 4) is 0 Å². The molecule has 0 aliphatic rings. The minimum Gasteiger partial charge on any atom is -0.462 e. The van der Waals surface area contributed by atoms with Crippen molar-refractivity contribution in [1.29, 1.82) is 0 Å². The quantitative estimate of drug-likeness (QED) is 0.0262. The number of esters is 3. The molecular weight excluding hydrogens is 757 g/mol. The van der Waals surface area contributed by atoms with Crippen LogP contribution >= 0.6 is 0 Å². The molecule has 0 aromatic heterocycles. The molecule has 0 aromatic carbocycles. The highest BCUT2D eigenvalue weighted by Crippen LogP contribution is 2.16. The molecule has 6 nitrogen and oxygen atoms in total. The number of carbonyl (C=O) groups is 3. The van der Waals surface area contributed by atoms with Crippen molar-refractivity contribution in [3.05, 3.63) is 36.5 Å². The summed E-state index contributed by atoms with van der Waals surface area (Å²) >= 11 is 0. The summed E-state index contributed by atoms with van der Waals surface area (Å²) in [6, 6.07) is 0. The first-order valence-corrected chi connectivity index (χ1v) is 26.5. The van der Waals surface area contributed by atoms with Gasteiger partial charge in [-0.05, 0) is 51.4 Å². The Kier molecular flexibility index (Phi) is 48.3. The van der Waals surface area contributed by atoms with Crippen LogP contribution in [-0.4, -0.2) is 37.2 Å². The van der Waals surface area contributed by atoms with E-state index in [1.165, 1.54) is 173 Å². The maximum absolute atomic E-state index is 12.8. The minimum atomic E-state index is -0.786. The Hall–Kier alpha value is -2.37. The molecule has 1 atom stereocenters. The van der Waals surface area contributed by atoms with Gasteiger partial charge in [-0.1, -0.05) is 243 Å². The number of ether oxygens (including phenoxy) is 3. The normalized spacial score (nSPS) is 12.2. The molecule has 0 saturated carbocycles. The monoisotopic (exact) mass is 857 g/mol. The predicted octanol–water partition coefficient (Wildman–Crippen LogP) is 17.3. The molecule has 0 fully saturated rings. The summed E-state index contributed by atoms with van der Waals surface area (Å²) in [5.74, 6) is -0.926. The van der Waals surface area contributed by atoms with Gasteiger partial charge in [-0.15, -0.1) is 0 Å². The van der Waals surface area contributed by atoms with Crippen LogP contribution in [0, 0.1) is 0 Å². The van der Waals surface area contributed by atoms with Crippen molar-refractivity contribution in [2.24, 2.45) is 0 Å². The second-order valence-electron chi connectivity index (χ2n) is 17.8. The molecule has 0 spiro atoms. The largest absolute Gasteiger partial charge is 0.462 e. The fraction of sp³-hybridized carbons (Fsp3) is 0.836. The summed E-state index contributed by atoms with van der Waals surface area (Å²) in [4.78, 5) is 37.9. The van der Waals surface area contributed by atoms with Crippen LogP contribution in [0.25, 0.3) is 0 Å². The topological polar surface area (TPSA) is 78.9 Å². The van der Waals surface area contributed by atoms with Crippen molar-refractivity contribution in [2.45, 2.75) is 284 Å². The van der Waals surface area contributed by atoms with E-state index < -0.39 is 6.10 Å². The zero-order chi connectivity index (χ0) is 44.4. The van der Waals surface area contributed by atoms with Crippen LogP contribution < -0.4 is 0 Å². The van der Waals surface area contributed by atoms with E-state index >= 15 is 0 Å². The maximum Gasteiger partial charge on any atom is 0.306 e. The Labute approximate surface area is 378 Å². The van der Waals surface area contributed by atoms with E-state index in [-0.39, 0.29) is 31.1 Å². The number of rotatable bonds is 48. The third-order valence-electron chi connectivity index (χ3n) is 11.6. The summed E-state index contributed by atoms with van der Waals surface area (Å²) in [5, 5.41) is 0. The zero-order valence-corrected chi connectivity index (χ0v) is 40.7. The Balaban J connectivity index is 4.38. The summed E-state index contributed by atoms with van der Waals surface area (Å²) in [6.07, 6.45) is 58.5. The van der Waals surface area contributed by atoms with Gasteiger partial charge in [0.15, 0.2) is 6.10 Å². The highest BCUT2D eigenvalue weighted by Gasteiger charge is 2.19. The Morgan fingerprint density at radius 1 is 0.328 bits per heavy atom. The highest BCUT2D eigenvalue weighted by atomic mass is 16.6. The highest BCUT2D eigenvalue weighted by molar-refractivity contribution is 5.71. The first kappa shape index (κ1) is 58.6. The molecule has 0 amide bonds. The lowest BCUT2D eigenvalue weighted by Crippen LogP contribution is -2.30. The summed E-state index contributed by atoms with van der Waals surface area (Å²) in [5.41, 5.74) is 0. The number of allylic oxidation sites excluding steroid dienone is 6. The predicted molar refractivity (Wildman–Crippen MR) is 261 cm³/mol. The van der Waals surface area contributed by atoms with E-state index in [1.807, 2.05) is 0 Å². The maximum atomic E-state index is 12.8. The molecule has 0 bridgehead atoms. The molecule has 0 aliphatic carbocycles. The fourth-order valence-electron chi connectivity index (χ4n) is 7.64. The van der Waals surface area contributed by atoms with Crippen LogP contribution in [0.4, 0.5) is 0 Å². The molecule has 0 aromatic rings. The number of hydrogen-bond donors (Lipinski definition) is 0. The molecule has 6 heteroatoms. The van der Waals surface area contributed by atoms with E-state index in [0.717, 1.165) is 57.8 Å². The fourth-order valence-corrected chi connectivity index (χ4v) is 7.64. The van der Waals surface area contributed by atoms with Crippen molar-refractivity contribution in [1.82, 2.24) is 0 Å². The molecule has 0 saturated heterocycles. The molecule has 0 unspecified atom stereocenters. The van der Waals surface area contributed by atoms with Gasteiger partial charge in [0.2, 0.25) is 0 Å². The molecule has 356 valence electrons. The molecule has 61 heavy (non-hydrogen) atoms. The van der Waals surface area contributed by atoms with Crippen molar-refractivity contribution < 1.29 is 28.6 Å². The Morgan fingerprint density at radius 3 is 0.984 bits per heavy atom. The van der Waals surface area contributed by atoms with Gasteiger partial charge in [0, 0.05) is 19.3 Å². The second kappa shape index (κ2) is 50.3. The number of unbranched alkanes of at least 4 members (excludes halogenated alkanes) is 31. The third kappa shape index (κ3) is 48.5. The van der Waals surface area contributed by atoms with Crippen LogP contribution in [0.3, 0.4) is 0 Å². The van der Waals surface area contributed by atoms with Gasteiger partial charge in [0.05, 0.1) is 0 Å².